The van der Waals surface area contributed by atoms with E-state index >= 15 is 0 Å². The fourth-order valence-corrected chi connectivity index (χ4v) is 4.00. The van der Waals surface area contributed by atoms with Crippen LogP contribution in [0.15, 0.2) is 29.3 Å². The lowest BCUT2D eigenvalue weighted by atomic mass is 9.97. The predicted octanol–water partition coefficient (Wildman–Crippen LogP) is 3.71. The van der Waals surface area contributed by atoms with Gasteiger partial charge in [0, 0.05) is 45.0 Å². The Morgan fingerprint density at radius 1 is 1.07 bits per heavy atom. The van der Waals surface area contributed by atoms with Crippen LogP contribution in [0.2, 0.25) is 0 Å². The summed E-state index contributed by atoms with van der Waals surface area (Å²) < 4.78 is 0. The van der Waals surface area contributed by atoms with E-state index in [1.807, 2.05) is 0 Å². The van der Waals surface area contributed by atoms with Crippen molar-refractivity contribution in [3.05, 3.63) is 29.8 Å². The first-order valence-electron chi connectivity index (χ1n) is 10.7. The quantitative estimate of drug-likeness (QED) is 0.368. The molecule has 3 rings (SSSR count). The summed E-state index contributed by atoms with van der Waals surface area (Å²) >= 11 is 0. The number of benzene rings is 1. The highest BCUT2D eigenvalue weighted by atomic mass is 127. The molecule has 2 fully saturated rings. The maximum Gasteiger partial charge on any atom is 0.194 e. The summed E-state index contributed by atoms with van der Waals surface area (Å²) in [6.45, 7) is 10.7. The van der Waals surface area contributed by atoms with Gasteiger partial charge in [-0.05, 0) is 62.1 Å². The number of nitrogens with one attached hydrogen (secondary N) is 1. The van der Waals surface area contributed by atoms with Gasteiger partial charge in [-0.1, -0.05) is 19.1 Å². The first-order chi connectivity index (χ1) is 13.2. The number of anilines is 1. The standard InChI is InChI=1S/C22H36N4O.HI/c1-3-23-22(26-12-8-18(2)9-13-26)24-16-19-4-6-21(7-5-19)25-14-10-20(17-27)11-15-25;/h4-7,18,20,27H,3,8-17H2,1-2H3,(H,23,24);1H. The summed E-state index contributed by atoms with van der Waals surface area (Å²) in [7, 11) is 0. The molecule has 1 aromatic rings. The highest BCUT2D eigenvalue weighted by Gasteiger charge is 2.19. The molecule has 0 unspecified atom stereocenters. The second-order valence-corrected chi connectivity index (χ2v) is 8.12. The van der Waals surface area contributed by atoms with Crippen LogP contribution in [-0.2, 0) is 6.54 Å². The smallest absolute Gasteiger partial charge is 0.194 e. The molecule has 0 bridgehead atoms. The van der Waals surface area contributed by atoms with Gasteiger partial charge in [-0.3, -0.25) is 0 Å². The van der Waals surface area contributed by atoms with Gasteiger partial charge in [0.25, 0.3) is 0 Å². The predicted molar refractivity (Wildman–Crippen MR) is 129 cm³/mol. The Hall–Kier alpha value is -1.02. The minimum absolute atomic E-state index is 0. The number of aliphatic hydroxyl groups excluding tert-OH is 1. The molecule has 0 aliphatic carbocycles. The number of likely N-dealkylation sites (tertiary alicyclic amines) is 1. The zero-order valence-electron chi connectivity index (χ0n) is 17.4. The van der Waals surface area contributed by atoms with Crippen molar-refractivity contribution in [3.63, 3.8) is 0 Å². The Labute approximate surface area is 187 Å². The monoisotopic (exact) mass is 500 g/mol. The van der Waals surface area contributed by atoms with E-state index in [2.05, 4.69) is 53.2 Å². The largest absolute Gasteiger partial charge is 0.396 e. The highest BCUT2D eigenvalue weighted by Crippen LogP contribution is 2.23. The first-order valence-corrected chi connectivity index (χ1v) is 10.7. The number of nitrogens with zero attached hydrogens (tertiary/aromatic N) is 3. The van der Waals surface area contributed by atoms with Crippen molar-refractivity contribution < 1.29 is 5.11 Å². The van der Waals surface area contributed by atoms with E-state index in [4.69, 9.17) is 4.99 Å². The number of aliphatic hydroxyl groups is 1. The third-order valence-corrected chi connectivity index (χ3v) is 6.00. The van der Waals surface area contributed by atoms with Gasteiger partial charge in [0.2, 0.25) is 0 Å². The van der Waals surface area contributed by atoms with Gasteiger partial charge in [0.1, 0.15) is 0 Å². The average Bonchev–Trinajstić information content (AvgIpc) is 2.72. The molecule has 2 N–H and O–H groups in total. The lowest BCUT2D eigenvalue weighted by molar-refractivity contribution is 0.203. The van der Waals surface area contributed by atoms with Crippen LogP contribution in [0.5, 0.6) is 0 Å². The summed E-state index contributed by atoms with van der Waals surface area (Å²) in [4.78, 5) is 9.72. The molecule has 5 nitrogen and oxygen atoms in total. The molecule has 0 amide bonds. The maximum atomic E-state index is 9.29. The molecule has 0 saturated carbocycles. The molecule has 1 aromatic carbocycles. The SMILES string of the molecule is CCNC(=NCc1ccc(N2CCC(CO)CC2)cc1)N1CCC(C)CC1.I. The van der Waals surface area contributed by atoms with E-state index < -0.39 is 0 Å². The Kier molecular flexibility index (Phi) is 9.85. The van der Waals surface area contributed by atoms with Crippen molar-refractivity contribution in [1.82, 2.24) is 10.2 Å². The van der Waals surface area contributed by atoms with Gasteiger partial charge < -0.3 is 20.2 Å². The van der Waals surface area contributed by atoms with Crippen LogP contribution in [0.25, 0.3) is 0 Å². The van der Waals surface area contributed by atoms with Crippen molar-refractivity contribution in [3.8, 4) is 0 Å². The van der Waals surface area contributed by atoms with Crippen LogP contribution < -0.4 is 10.2 Å². The van der Waals surface area contributed by atoms with Gasteiger partial charge in [-0.15, -0.1) is 24.0 Å². The van der Waals surface area contributed by atoms with Crippen molar-refractivity contribution in [2.75, 3.05) is 44.2 Å². The Morgan fingerprint density at radius 3 is 2.29 bits per heavy atom. The Balaban J connectivity index is 0.00000280. The number of rotatable bonds is 5. The summed E-state index contributed by atoms with van der Waals surface area (Å²) in [6.07, 6.45) is 4.68. The summed E-state index contributed by atoms with van der Waals surface area (Å²) in [6, 6.07) is 8.86. The van der Waals surface area contributed by atoms with Crippen LogP contribution in [0, 0.1) is 11.8 Å². The van der Waals surface area contributed by atoms with E-state index in [-0.39, 0.29) is 24.0 Å². The van der Waals surface area contributed by atoms with Crippen molar-refractivity contribution >= 4 is 35.6 Å². The molecule has 0 aromatic heterocycles. The first kappa shape index (κ1) is 23.3. The van der Waals surface area contributed by atoms with E-state index in [0.717, 1.165) is 64.0 Å². The van der Waals surface area contributed by atoms with E-state index in [1.165, 1.54) is 24.1 Å². The minimum Gasteiger partial charge on any atom is -0.396 e. The second-order valence-electron chi connectivity index (χ2n) is 8.12. The van der Waals surface area contributed by atoms with Gasteiger partial charge in [-0.25, -0.2) is 4.99 Å². The number of guanidine groups is 1. The molecule has 2 saturated heterocycles. The van der Waals surface area contributed by atoms with Crippen molar-refractivity contribution in [2.45, 2.75) is 46.1 Å². The van der Waals surface area contributed by atoms with Crippen LogP contribution >= 0.6 is 24.0 Å². The molecule has 158 valence electrons. The van der Waals surface area contributed by atoms with Crippen LogP contribution in [-0.4, -0.2) is 55.3 Å². The van der Waals surface area contributed by atoms with Gasteiger partial charge in [0.05, 0.1) is 6.54 Å². The van der Waals surface area contributed by atoms with Crippen LogP contribution in [0.4, 0.5) is 5.69 Å². The lowest BCUT2D eigenvalue weighted by Crippen LogP contribution is -2.45. The topological polar surface area (TPSA) is 51.1 Å². The lowest BCUT2D eigenvalue weighted by Gasteiger charge is -2.33. The second kappa shape index (κ2) is 11.9. The van der Waals surface area contributed by atoms with E-state index in [1.54, 1.807) is 0 Å². The number of aliphatic imine (C=N–C) groups is 1. The van der Waals surface area contributed by atoms with E-state index in [0.29, 0.717) is 12.5 Å². The Morgan fingerprint density at radius 2 is 1.71 bits per heavy atom. The molecular weight excluding hydrogens is 463 g/mol. The summed E-state index contributed by atoms with van der Waals surface area (Å²) in [5.41, 5.74) is 2.54. The molecule has 28 heavy (non-hydrogen) atoms. The average molecular weight is 500 g/mol. The molecule has 2 aliphatic rings. The molecule has 0 spiro atoms. The minimum atomic E-state index is 0. The molecular formula is C22H37IN4O. The number of piperidine rings is 2. The number of halogens is 1. The van der Waals surface area contributed by atoms with Crippen molar-refractivity contribution in [1.29, 1.82) is 0 Å². The molecule has 6 heteroatoms. The third-order valence-electron chi connectivity index (χ3n) is 6.00. The normalized spacial score (nSPS) is 19.5. The Bertz CT molecular complexity index is 591. The molecule has 0 atom stereocenters. The summed E-state index contributed by atoms with van der Waals surface area (Å²) in [5, 5.41) is 12.8. The van der Waals surface area contributed by atoms with Gasteiger partial charge >= 0.3 is 0 Å². The molecule has 2 heterocycles. The van der Waals surface area contributed by atoms with Crippen LogP contribution in [0.3, 0.4) is 0 Å². The van der Waals surface area contributed by atoms with Gasteiger partial charge in [-0.2, -0.15) is 0 Å². The van der Waals surface area contributed by atoms with Crippen molar-refractivity contribution in [2.24, 2.45) is 16.8 Å². The number of hydrogen-bond donors (Lipinski definition) is 2. The number of hydrogen-bond acceptors (Lipinski definition) is 3. The highest BCUT2D eigenvalue weighted by molar-refractivity contribution is 14.0. The van der Waals surface area contributed by atoms with E-state index in [9.17, 15) is 5.11 Å². The fourth-order valence-electron chi connectivity index (χ4n) is 4.00. The fraction of sp³-hybridized carbons (Fsp3) is 0.682. The maximum absolute atomic E-state index is 9.29. The zero-order valence-corrected chi connectivity index (χ0v) is 19.8. The molecule has 0 radical (unpaired) electrons. The third kappa shape index (κ3) is 6.51. The molecule has 2 aliphatic heterocycles. The summed E-state index contributed by atoms with van der Waals surface area (Å²) in [5.74, 6) is 2.37. The zero-order chi connectivity index (χ0) is 19.1. The van der Waals surface area contributed by atoms with Crippen LogP contribution in [0.1, 0.15) is 45.1 Å². The van der Waals surface area contributed by atoms with Gasteiger partial charge in [0.15, 0.2) is 5.96 Å².